The van der Waals surface area contributed by atoms with Crippen LogP contribution in [0.5, 0.6) is 5.75 Å². The van der Waals surface area contributed by atoms with E-state index >= 15 is 0 Å². The van der Waals surface area contributed by atoms with Gasteiger partial charge in [-0.1, -0.05) is 11.6 Å². The molecule has 0 spiro atoms. The summed E-state index contributed by atoms with van der Waals surface area (Å²) < 4.78 is 5.25. The molecule has 2 rings (SSSR count). The van der Waals surface area contributed by atoms with Crippen molar-refractivity contribution in [1.82, 2.24) is 9.97 Å². The van der Waals surface area contributed by atoms with Gasteiger partial charge in [0, 0.05) is 24.4 Å². The Hall–Kier alpha value is -1.81. The summed E-state index contributed by atoms with van der Waals surface area (Å²) in [7, 11) is 1.60. The number of H-pyrrole nitrogens is 1. The third-order valence-corrected chi connectivity index (χ3v) is 2.69. The van der Waals surface area contributed by atoms with Crippen LogP contribution in [0.4, 0.5) is 0 Å². The molecule has 2 N–H and O–H groups in total. The van der Waals surface area contributed by atoms with Gasteiger partial charge in [-0.15, -0.1) is 0 Å². The number of imidazole rings is 1. The number of aliphatic hydroxyl groups is 1. The number of aromatic amines is 1. The van der Waals surface area contributed by atoms with Crippen LogP contribution in [0.3, 0.4) is 0 Å². The van der Waals surface area contributed by atoms with E-state index in [-0.39, 0.29) is 0 Å². The third-order valence-electron chi connectivity index (χ3n) is 2.69. The van der Waals surface area contributed by atoms with Crippen molar-refractivity contribution in [3.8, 4) is 5.75 Å². The van der Waals surface area contributed by atoms with Crippen LogP contribution in [0, 0.1) is 6.92 Å². The Bertz CT molecular complexity index is 480. The van der Waals surface area contributed by atoms with Gasteiger partial charge in [-0.3, -0.25) is 0 Å². The first kappa shape index (κ1) is 11.7. The number of methoxy groups -OCH3 is 1. The molecule has 0 bridgehead atoms. The second kappa shape index (κ2) is 5.01. The molecule has 4 nitrogen and oxygen atoms in total. The highest BCUT2D eigenvalue weighted by molar-refractivity contribution is 5.38. The molecule has 1 aromatic heterocycles. The van der Waals surface area contributed by atoms with E-state index in [1.165, 1.54) is 0 Å². The lowest BCUT2D eigenvalue weighted by molar-refractivity contribution is 0.171. The molecule has 0 saturated heterocycles. The van der Waals surface area contributed by atoms with Gasteiger partial charge in [0.25, 0.3) is 0 Å². The highest BCUT2D eigenvalue weighted by Crippen LogP contribution is 2.27. The number of ether oxygens (including phenoxy) is 1. The number of aromatic nitrogens is 2. The number of nitrogens with zero attached hydrogens (tertiary/aromatic N) is 1. The molecule has 1 heterocycles. The van der Waals surface area contributed by atoms with Crippen molar-refractivity contribution < 1.29 is 9.84 Å². The SMILES string of the molecule is COc1ccc(C)cc1C(O)Cc1ncc[nH]1. The Morgan fingerprint density at radius 3 is 2.94 bits per heavy atom. The maximum Gasteiger partial charge on any atom is 0.124 e. The highest BCUT2D eigenvalue weighted by Gasteiger charge is 2.15. The first-order valence-corrected chi connectivity index (χ1v) is 5.51. The number of nitrogens with one attached hydrogen (secondary N) is 1. The number of hydrogen-bond donors (Lipinski definition) is 2. The first-order valence-electron chi connectivity index (χ1n) is 5.51. The standard InChI is InChI=1S/C13H16N2O2/c1-9-3-4-12(17-2)10(7-9)11(16)8-13-14-5-6-15-13/h3-7,11,16H,8H2,1-2H3,(H,14,15). The van der Waals surface area contributed by atoms with Crippen LogP contribution < -0.4 is 4.74 Å². The predicted octanol–water partition coefficient (Wildman–Crippen LogP) is 2.00. The van der Waals surface area contributed by atoms with Crippen LogP contribution in [-0.4, -0.2) is 22.2 Å². The quantitative estimate of drug-likeness (QED) is 0.847. The molecule has 0 radical (unpaired) electrons. The minimum atomic E-state index is -0.615. The summed E-state index contributed by atoms with van der Waals surface area (Å²) >= 11 is 0. The number of benzene rings is 1. The summed E-state index contributed by atoms with van der Waals surface area (Å²) in [6, 6.07) is 5.77. The first-order chi connectivity index (χ1) is 8.20. The van der Waals surface area contributed by atoms with E-state index in [2.05, 4.69) is 9.97 Å². The van der Waals surface area contributed by atoms with E-state index < -0.39 is 6.10 Å². The summed E-state index contributed by atoms with van der Waals surface area (Å²) in [5.41, 5.74) is 1.89. The van der Waals surface area contributed by atoms with E-state index in [9.17, 15) is 5.11 Å². The smallest absolute Gasteiger partial charge is 0.124 e. The minimum absolute atomic E-state index is 0.451. The van der Waals surface area contributed by atoms with Crippen LogP contribution in [0.15, 0.2) is 30.6 Å². The molecule has 0 saturated carbocycles. The number of rotatable bonds is 4. The number of aliphatic hydroxyl groups excluding tert-OH is 1. The normalized spacial score (nSPS) is 12.4. The van der Waals surface area contributed by atoms with Crippen LogP contribution in [0.1, 0.15) is 23.1 Å². The summed E-state index contributed by atoms with van der Waals surface area (Å²) in [5.74, 6) is 1.47. The molecule has 0 aliphatic heterocycles. The van der Waals surface area contributed by atoms with Gasteiger partial charge >= 0.3 is 0 Å². The van der Waals surface area contributed by atoms with Gasteiger partial charge in [0.15, 0.2) is 0 Å². The zero-order valence-electron chi connectivity index (χ0n) is 9.97. The lowest BCUT2D eigenvalue weighted by atomic mass is 10.0. The fourth-order valence-electron chi connectivity index (χ4n) is 1.82. The molecule has 1 unspecified atom stereocenters. The van der Waals surface area contributed by atoms with Gasteiger partial charge in [-0.25, -0.2) is 4.98 Å². The van der Waals surface area contributed by atoms with Crippen molar-refractivity contribution in [2.24, 2.45) is 0 Å². The molecule has 17 heavy (non-hydrogen) atoms. The van der Waals surface area contributed by atoms with E-state index in [0.29, 0.717) is 12.2 Å². The topological polar surface area (TPSA) is 58.1 Å². The van der Waals surface area contributed by atoms with Crippen molar-refractivity contribution in [1.29, 1.82) is 0 Å². The van der Waals surface area contributed by atoms with E-state index in [4.69, 9.17) is 4.74 Å². The molecule has 90 valence electrons. The van der Waals surface area contributed by atoms with Gasteiger partial charge in [-0.2, -0.15) is 0 Å². The van der Waals surface area contributed by atoms with Crippen LogP contribution >= 0.6 is 0 Å². The Labute approximate surface area is 100 Å². The average Bonchev–Trinajstić information content (AvgIpc) is 2.81. The van der Waals surface area contributed by atoms with Gasteiger partial charge in [-0.05, 0) is 19.1 Å². The molecule has 0 aliphatic rings. The van der Waals surface area contributed by atoms with Crippen molar-refractivity contribution in [3.63, 3.8) is 0 Å². The van der Waals surface area contributed by atoms with Gasteiger partial charge in [0.05, 0.1) is 13.2 Å². The molecule has 1 aromatic carbocycles. The second-order valence-electron chi connectivity index (χ2n) is 4.00. The highest BCUT2D eigenvalue weighted by atomic mass is 16.5. The predicted molar refractivity (Wildman–Crippen MR) is 65.0 cm³/mol. The molecule has 1 atom stereocenters. The van der Waals surface area contributed by atoms with Crippen molar-refractivity contribution in [3.05, 3.63) is 47.5 Å². The molecule has 0 fully saturated rings. The maximum atomic E-state index is 10.2. The molecule has 0 aliphatic carbocycles. The van der Waals surface area contributed by atoms with Gasteiger partial charge < -0.3 is 14.8 Å². The average molecular weight is 232 g/mol. The van der Waals surface area contributed by atoms with Crippen molar-refractivity contribution in [2.75, 3.05) is 7.11 Å². The summed E-state index contributed by atoms with van der Waals surface area (Å²) in [6.07, 6.45) is 3.26. The fraction of sp³-hybridized carbons (Fsp3) is 0.308. The van der Waals surface area contributed by atoms with Crippen LogP contribution in [-0.2, 0) is 6.42 Å². The van der Waals surface area contributed by atoms with Gasteiger partial charge in [0.1, 0.15) is 11.6 Å². The minimum Gasteiger partial charge on any atom is -0.496 e. The molecule has 0 amide bonds. The lowest BCUT2D eigenvalue weighted by Gasteiger charge is -2.14. The zero-order chi connectivity index (χ0) is 12.3. The largest absolute Gasteiger partial charge is 0.496 e. The van der Waals surface area contributed by atoms with E-state index in [1.807, 2.05) is 25.1 Å². The Morgan fingerprint density at radius 1 is 1.47 bits per heavy atom. The van der Waals surface area contributed by atoms with Gasteiger partial charge in [0.2, 0.25) is 0 Å². The monoisotopic (exact) mass is 232 g/mol. The van der Waals surface area contributed by atoms with Crippen molar-refractivity contribution in [2.45, 2.75) is 19.4 Å². The maximum absolute atomic E-state index is 10.2. The molecule has 4 heteroatoms. The molecular formula is C13H16N2O2. The van der Waals surface area contributed by atoms with Crippen LogP contribution in [0.25, 0.3) is 0 Å². The van der Waals surface area contributed by atoms with E-state index in [1.54, 1.807) is 19.5 Å². The zero-order valence-corrected chi connectivity index (χ0v) is 9.97. The summed E-state index contributed by atoms with van der Waals surface area (Å²) in [4.78, 5) is 7.08. The fourth-order valence-corrected chi connectivity index (χ4v) is 1.82. The van der Waals surface area contributed by atoms with Crippen LogP contribution in [0.2, 0.25) is 0 Å². The Morgan fingerprint density at radius 2 is 2.29 bits per heavy atom. The Balaban J connectivity index is 2.23. The summed E-state index contributed by atoms with van der Waals surface area (Å²) in [6.45, 7) is 1.99. The Kier molecular flexibility index (Phi) is 3.44. The van der Waals surface area contributed by atoms with E-state index in [0.717, 1.165) is 17.0 Å². The molecular weight excluding hydrogens is 216 g/mol. The lowest BCUT2D eigenvalue weighted by Crippen LogP contribution is -2.05. The number of aryl methyl sites for hydroxylation is 1. The molecule has 2 aromatic rings. The summed E-state index contributed by atoms with van der Waals surface area (Å²) in [5, 5.41) is 10.2. The third kappa shape index (κ3) is 2.65. The van der Waals surface area contributed by atoms with Crippen molar-refractivity contribution >= 4 is 0 Å². The second-order valence-corrected chi connectivity index (χ2v) is 4.00. The number of hydrogen-bond acceptors (Lipinski definition) is 3.